The van der Waals surface area contributed by atoms with Gasteiger partial charge in [0.1, 0.15) is 11.9 Å². The highest BCUT2D eigenvalue weighted by atomic mass is 35.5. The fourth-order valence-corrected chi connectivity index (χ4v) is 3.93. The number of aromatic nitrogens is 1. The van der Waals surface area contributed by atoms with Crippen molar-refractivity contribution in [2.24, 2.45) is 0 Å². The molecule has 0 aliphatic carbocycles. The summed E-state index contributed by atoms with van der Waals surface area (Å²) in [5.41, 5.74) is 8.45. The molecule has 0 saturated heterocycles. The number of nitrogens with two attached hydrogens (primary N) is 1. The van der Waals surface area contributed by atoms with Crippen LogP contribution in [0, 0.1) is 5.82 Å². The number of amides is 1. The Morgan fingerprint density at radius 2 is 1.88 bits per heavy atom. The topological polar surface area (TPSA) is 89.3 Å². The molecule has 33 heavy (non-hydrogen) atoms. The average Bonchev–Trinajstić information content (AvgIpc) is 2.81. The third kappa shape index (κ3) is 6.13. The quantitative estimate of drug-likeness (QED) is 0.281. The number of nitrogens with one attached hydrogen (secondary N) is 2. The number of pyridine rings is 1. The first-order valence-electron chi connectivity index (χ1n) is 10.4. The van der Waals surface area contributed by atoms with Gasteiger partial charge in [0.25, 0.3) is 5.91 Å². The fraction of sp³-hybridized carbons (Fsp3) is 0.250. The van der Waals surface area contributed by atoms with Gasteiger partial charge >= 0.3 is 0 Å². The molecule has 0 aliphatic rings. The van der Waals surface area contributed by atoms with Gasteiger partial charge in [-0.25, -0.2) is 9.37 Å². The Morgan fingerprint density at radius 3 is 2.58 bits per heavy atom. The molecule has 4 N–H and O–H groups in total. The van der Waals surface area contributed by atoms with Crippen molar-refractivity contribution < 1.29 is 13.9 Å². The maximum Gasteiger partial charge on any atom is 0.251 e. The van der Waals surface area contributed by atoms with Crippen LogP contribution in [0.25, 0.3) is 11.1 Å². The molecule has 3 aromatic rings. The highest BCUT2D eigenvalue weighted by molar-refractivity contribution is 6.36. The summed E-state index contributed by atoms with van der Waals surface area (Å²) in [4.78, 5) is 16.5. The van der Waals surface area contributed by atoms with Crippen molar-refractivity contribution in [3.8, 4) is 16.9 Å². The number of rotatable bonds is 9. The molecule has 6 nitrogen and oxygen atoms in total. The number of nitrogens with zero attached hydrogens (tertiary/aromatic N) is 1. The molecule has 0 spiro atoms. The van der Waals surface area contributed by atoms with Gasteiger partial charge in [0.05, 0.1) is 5.02 Å². The minimum Gasteiger partial charge on any atom is -0.482 e. The third-order valence-corrected chi connectivity index (χ3v) is 5.75. The van der Waals surface area contributed by atoms with Crippen LogP contribution in [0.3, 0.4) is 0 Å². The van der Waals surface area contributed by atoms with E-state index < -0.39 is 11.9 Å². The molecule has 2 aromatic carbocycles. The van der Waals surface area contributed by atoms with Crippen LogP contribution in [-0.2, 0) is 0 Å². The van der Waals surface area contributed by atoms with Crippen LogP contribution in [0.4, 0.5) is 10.2 Å². The van der Waals surface area contributed by atoms with Crippen LogP contribution < -0.4 is 21.1 Å². The predicted octanol–water partition coefficient (Wildman–Crippen LogP) is 5.26. The monoisotopic (exact) mass is 490 g/mol. The summed E-state index contributed by atoms with van der Waals surface area (Å²) < 4.78 is 19.8. The smallest absolute Gasteiger partial charge is 0.251 e. The van der Waals surface area contributed by atoms with Crippen molar-refractivity contribution >= 4 is 34.9 Å². The molecule has 0 radical (unpaired) electrons. The first-order chi connectivity index (χ1) is 15.8. The molecule has 0 aliphatic heterocycles. The van der Waals surface area contributed by atoms with Crippen molar-refractivity contribution in [1.29, 1.82) is 0 Å². The van der Waals surface area contributed by atoms with Gasteiger partial charge < -0.3 is 21.1 Å². The lowest BCUT2D eigenvalue weighted by Crippen LogP contribution is -2.26. The summed E-state index contributed by atoms with van der Waals surface area (Å²) in [5, 5.41) is 6.11. The van der Waals surface area contributed by atoms with Crippen molar-refractivity contribution in [2.75, 3.05) is 25.9 Å². The van der Waals surface area contributed by atoms with Crippen molar-refractivity contribution in [3.63, 3.8) is 0 Å². The van der Waals surface area contributed by atoms with E-state index in [4.69, 9.17) is 33.7 Å². The Labute approximate surface area is 202 Å². The van der Waals surface area contributed by atoms with Gasteiger partial charge in [-0.05, 0) is 62.8 Å². The van der Waals surface area contributed by atoms with E-state index in [9.17, 15) is 9.18 Å². The lowest BCUT2D eigenvalue weighted by molar-refractivity contribution is 0.0953. The van der Waals surface area contributed by atoms with Crippen LogP contribution >= 0.6 is 23.2 Å². The van der Waals surface area contributed by atoms with Crippen LogP contribution in [0.2, 0.25) is 10.0 Å². The standard InChI is InChI=1S/C24H25Cl2FN4O2/c1-14(21-18(25)8-9-19(27)22(21)26)33-20-12-17(13-31-23(20)28)15-4-6-16(7-5-15)24(32)30-11-3-10-29-2/h4-9,12-14,29H,3,10-11H2,1-2H3,(H2,28,31)(H,30,32). The molecule has 0 bridgehead atoms. The Hall–Kier alpha value is -2.87. The molecule has 1 aromatic heterocycles. The zero-order chi connectivity index (χ0) is 24.0. The largest absolute Gasteiger partial charge is 0.482 e. The number of anilines is 1. The van der Waals surface area contributed by atoms with Gasteiger partial charge in [0, 0.05) is 34.5 Å². The van der Waals surface area contributed by atoms with Crippen molar-refractivity contribution in [2.45, 2.75) is 19.4 Å². The van der Waals surface area contributed by atoms with Gasteiger partial charge in [-0.3, -0.25) is 4.79 Å². The molecule has 1 heterocycles. The Morgan fingerprint density at radius 1 is 1.15 bits per heavy atom. The molecule has 0 fully saturated rings. The molecular formula is C24H25Cl2FN4O2. The second-order valence-corrected chi connectivity index (χ2v) is 8.20. The summed E-state index contributed by atoms with van der Waals surface area (Å²) in [6.07, 6.45) is 1.79. The zero-order valence-corrected chi connectivity index (χ0v) is 19.8. The summed E-state index contributed by atoms with van der Waals surface area (Å²) in [7, 11) is 1.87. The second kappa shape index (κ2) is 11.3. The van der Waals surface area contributed by atoms with Crippen molar-refractivity contribution in [1.82, 2.24) is 15.6 Å². The molecule has 9 heteroatoms. The molecular weight excluding hydrogens is 466 g/mol. The van der Waals surface area contributed by atoms with Gasteiger partial charge in [-0.15, -0.1) is 0 Å². The number of carbonyl (C=O) groups excluding carboxylic acids is 1. The van der Waals surface area contributed by atoms with E-state index in [1.54, 1.807) is 31.3 Å². The first-order valence-corrected chi connectivity index (χ1v) is 11.2. The van der Waals surface area contributed by atoms with E-state index in [1.807, 2.05) is 19.2 Å². The molecule has 1 atom stereocenters. The van der Waals surface area contributed by atoms with E-state index in [2.05, 4.69) is 15.6 Å². The van der Waals surface area contributed by atoms with Crippen LogP contribution in [-0.4, -0.2) is 31.0 Å². The number of nitrogen functional groups attached to an aromatic ring is 1. The lowest BCUT2D eigenvalue weighted by atomic mass is 10.0. The number of benzene rings is 2. The second-order valence-electron chi connectivity index (χ2n) is 7.41. The highest BCUT2D eigenvalue weighted by Gasteiger charge is 2.20. The van der Waals surface area contributed by atoms with Gasteiger partial charge in [-0.1, -0.05) is 35.3 Å². The van der Waals surface area contributed by atoms with Gasteiger partial charge in [-0.2, -0.15) is 0 Å². The lowest BCUT2D eigenvalue weighted by Gasteiger charge is -2.19. The van der Waals surface area contributed by atoms with E-state index in [0.717, 1.165) is 24.1 Å². The van der Waals surface area contributed by atoms with E-state index in [-0.39, 0.29) is 21.8 Å². The van der Waals surface area contributed by atoms with E-state index in [1.165, 1.54) is 12.1 Å². The van der Waals surface area contributed by atoms with Crippen molar-refractivity contribution in [3.05, 3.63) is 75.7 Å². The SMILES string of the molecule is CNCCCNC(=O)c1ccc(-c2cnc(N)c(OC(C)c3c(Cl)ccc(F)c3Cl)c2)cc1. The third-order valence-electron chi connectivity index (χ3n) is 5.04. The number of hydrogen-bond acceptors (Lipinski definition) is 5. The van der Waals surface area contributed by atoms with Gasteiger partial charge in [0.15, 0.2) is 11.6 Å². The number of ether oxygens (including phenoxy) is 1. The molecule has 1 unspecified atom stereocenters. The number of hydrogen-bond donors (Lipinski definition) is 3. The van der Waals surface area contributed by atoms with Crippen LogP contribution in [0.15, 0.2) is 48.7 Å². The number of halogens is 3. The fourth-order valence-electron chi connectivity index (χ4n) is 3.26. The van der Waals surface area contributed by atoms with Crippen LogP contribution in [0.1, 0.15) is 35.4 Å². The summed E-state index contributed by atoms with van der Waals surface area (Å²) in [6.45, 7) is 3.13. The maximum absolute atomic E-state index is 13.9. The zero-order valence-electron chi connectivity index (χ0n) is 18.3. The first kappa shape index (κ1) is 24.8. The summed E-state index contributed by atoms with van der Waals surface area (Å²) >= 11 is 12.3. The summed E-state index contributed by atoms with van der Waals surface area (Å²) in [6, 6.07) is 11.5. The number of carbonyl (C=O) groups is 1. The van der Waals surface area contributed by atoms with E-state index >= 15 is 0 Å². The molecule has 3 rings (SSSR count). The molecule has 0 saturated carbocycles. The average molecular weight is 491 g/mol. The van der Waals surface area contributed by atoms with E-state index in [0.29, 0.717) is 23.4 Å². The molecule has 1 amide bonds. The Bertz CT molecular complexity index is 1130. The minimum absolute atomic E-state index is 0.0995. The maximum atomic E-state index is 13.9. The van der Waals surface area contributed by atoms with Gasteiger partial charge in [0.2, 0.25) is 0 Å². The highest BCUT2D eigenvalue weighted by Crippen LogP contribution is 2.37. The summed E-state index contributed by atoms with van der Waals surface area (Å²) in [5.74, 6) is -0.234. The van der Waals surface area contributed by atoms with Crippen LogP contribution in [0.5, 0.6) is 5.75 Å². The Kier molecular flexibility index (Phi) is 8.49. The predicted molar refractivity (Wildman–Crippen MR) is 130 cm³/mol. The minimum atomic E-state index is -0.672. The normalized spacial score (nSPS) is 11.8. The molecule has 174 valence electrons. The Balaban J connectivity index is 1.76.